The number of esters is 1. The molecular formula is C20H21NO4S. The van der Waals surface area contributed by atoms with Gasteiger partial charge >= 0.3 is 5.97 Å². The molecule has 6 heteroatoms. The third-order valence-corrected chi connectivity index (χ3v) is 5.41. The van der Waals surface area contributed by atoms with Gasteiger partial charge in [0.15, 0.2) is 6.61 Å². The Labute approximate surface area is 157 Å². The topological polar surface area (TPSA) is 55.8 Å². The number of rotatable bonds is 4. The van der Waals surface area contributed by atoms with Gasteiger partial charge in [0.1, 0.15) is 5.75 Å². The number of carbonyl (C=O) groups is 2. The van der Waals surface area contributed by atoms with Crippen LogP contribution in [-0.2, 0) is 9.53 Å². The summed E-state index contributed by atoms with van der Waals surface area (Å²) in [6.07, 6.45) is 0.884. The highest BCUT2D eigenvalue weighted by molar-refractivity contribution is 8.00. The SMILES string of the molecule is COc1cccc(C(=O)OCC(=O)N2CC[C@H](C)Sc3ccccc32)c1. The largest absolute Gasteiger partial charge is 0.497 e. The first-order valence-electron chi connectivity index (χ1n) is 8.45. The standard InChI is InChI=1S/C20H21NO4S/c1-14-10-11-21(17-8-3-4-9-18(17)26-14)19(22)13-25-20(23)15-6-5-7-16(12-15)24-2/h3-9,12,14H,10-11,13H2,1-2H3/t14-/m0/s1. The number of hydrogen-bond acceptors (Lipinski definition) is 5. The summed E-state index contributed by atoms with van der Waals surface area (Å²) < 4.78 is 10.3. The Bertz CT molecular complexity index is 808. The molecule has 0 aliphatic carbocycles. The number of amides is 1. The van der Waals surface area contributed by atoms with Crippen LogP contribution < -0.4 is 9.64 Å². The minimum absolute atomic E-state index is 0.219. The van der Waals surface area contributed by atoms with Crippen LogP contribution in [0.25, 0.3) is 0 Å². The van der Waals surface area contributed by atoms with Crippen molar-refractivity contribution in [3.63, 3.8) is 0 Å². The Morgan fingerprint density at radius 1 is 1.19 bits per heavy atom. The lowest BCUT2D eigenvalue weighted by atomic mass is 10.2. The fourth-order valence-electron chi connectivity index (χ4n) is 2.78. The van der Waals surface area contributed by atoms with Gasteiger partial charge in [-0.3, -0.25) is 4.79 Å². The lowest BCUT2D eigenvalue weighted by Crippen LogP contribution is -2.35. The minimum Gasteiger partial charge on any atom is -0.497 e. The van der Waals surface area contributed by atoms with E-state index in [-0.39, 0.29) is 12.5 Å². The molecule has 1 amide bonds. The zero-order chi connectivity index (χ0) is 18.5. The van der Waals surface area contributed by atoms with Gasteiger partial charge in [-0.1, -0.05) is 25.1 Å². The van der Waals surface area contributed by atoms with Gasteiger partial charge < -0.3 is 14.4 Å². The maximum Gasteiger partial charge on any atom is 0.338 e. The van der Waals surface area contributed by atoms with E-state index in [1.54, 1.807) is 40.9 Å². The number of methoxy groups -OCH3 is 1. The molecule has 0 unspecified atom stereocenters. The van der Waals surface area contributed by atoms with Gasteiger partial charge in [-0.15, -0.1) is 11.8 Å². The van der Waals surface area contributed by atoms with E-state index in [1.165, 1.54) is 7.11 Å². The fourth-order valence-corrected chi connectivity index (χ4v) is 3.90. The van der Waals surface area contributed by atoms with E-state index >= 15 is 0 Å². The van der Waals surface area contributed by atoms with E-state index in [2.05, 4.69) is 6.92 Å². The number of benzene rings is 2. The molecule has 0 saturated heterocycles. The number of hydrogen-bond donors (Lipinski definition) is 0. The summed E-state index contributed by atoms with van der Waals surface area (Å²) >= 11 is 1.76. The highest BCUT2D eigenvalue weighted by atomic mass is 32.2. The summed E-state index contributed by atoms with van der Waals surface area (Å²) in [5.74, 6) is -0.190. The monoisotopic (exact) mass is 371 g/mol. The Morgan fingerprint density at radius 2 is 2.00 bits per heavy atom. The first-order chi connectivity index (χ1) is 12.6. The van der Waals surface area contributed by atoms with Crippen molar-refractivity contribution in [2.45, 2.75) is 23.5 Å². The second-order valence-corrected chi connectivity index (χ2v) is 7.52. The number of anilines is 1. The van der Waals surface area contributed by atoms with Gasteiger partial charge in [-0.25, -0.2) is 4.79 Å². The average Bonchev–Trinajstić information content (AvgIpc) is 2.84. The van der Waals surface area contributed by atoms with Gasteiger partial charge in [0.2, 0.25) is 0 Å². The lowest BCUT2D eigenvalue weighted by molar-refractivity contribution is -0.121. The molecule has 136 valence electrons. The van der Waals surface area contributed by atoms with Crippen LogP contribution in [0.15, 0.2) is 53.4 Å². The molecule has 5 nitrogen and oxygen atoms in total. The molecule has 0 aromatic heterocycles. The van der Waals surface area contributed by atoms with E-state index in [0.29, 0.717) is 23.1 Å². The molecule has 2 aromatic carbocycles. The Balaban J connectivity index is 1.69. The van der Waals surface area contributed by atoms with Gasteiger partial charge in [0.05, 0.1) is 18.4 Å². The quantitative estimate of drug-likeness (QED) is 0.766. The number of nitrogens with zero attached hydrogens (tertiary/aromatic N) is 1. The van der Waals surface area contributed by atoms with Crippen LogP contribution in [0.2, 0.25) is 0 Å². The third kappa shape index (κ3) is 4.19. The zero-order valence-corrected chi connectivity index (χ0v) is 15.6. The molecule has 0 saturated carbocycles. The van der Waals surface area contributed by atoms with Crippen LogP contribution in [0.3, 0.4) is 0 Å². The van der Waals surface area contributed by atoms with E-state index in [1.807, 2.05) is 24.3 Å². The van der Waals surface area contributed by atoms with Crippen LogP contribution in [-0.4, -0.2) is 37.4 Å². The molecule has 1 atom stereocenters. The predicted octanol–water partition coefficient (Wildman–Crippen LogP) is 3.77. The van der Waals surface area contributed by atoms with Crippen molar-refractivity contribution >= 4 is 29.3 Å². The first-order valence-corrected chi connectivity index (χ1v) is 9.33. The fraction of sp³-hybridized carbons (Fsp3) is 0.300. The maximum absolute atomic E-state index is 12.7. The molecule has 1 aliphatic heterocycles. The number of thioether (sulfide) groups is 1. The van der Waals surface area contributed by atoms with Gasteiger partial charge in [0, 0.05) is 16.7 Å². The highest BCUT2D eigenvalue weighted by Crippen LogP contribution is 2.37. The molecule has 2 aromatic rings. The number of fused-ring (bicyclic) bond motifs is 1. The molecule has 0 N–H and O–H groups in total. The summed E-state index contributed by atoms with van der Waals surface area (Å²) in [6, 6.07) is 14.5. The van der Waals surface area contributed by atoms with Crippen LogP contribution in [0.5, 0.6) is 5.75 Å². The molecule has 0 spiro atoms. The van der Waals surface area contributed by atoms with Gasteiger partial charge in [0.25, 0.3) is 5.91 Å². The van der Waals surface area contributed by atoms with Crippen molar-refractivity contribution in [2.24, 2.45) is 0 Å². The summed E-state index contributed by atoms with van der Waals surface area (Å²) in [4.78, 5) is 27.7. The van der Waals surface area contributed by atoms with Crippen molar-refractivity contribution in [2.75, 3.05) is 25.2 Å². The van der Waals surface area contributed by atoms with Crippen LogP contribution in [0, 0.1) is 0 Å². The van der Waals surface area contributed by atoms with Gasteiger partial charge in [-0.05, 0) is 36.8 Å². The normalized spacial score (nSPS) is 16.4. The molecule has 0 fully saturated rings. The van der Waals surface area contributed by atoms with Crippen molar-refractivity contribution < 1.29 is 19.1 Å². The summed E-state index contributed by atoms with van der Waals surface area (Å²) in [5.41, 5.74) is 1.24. The third-order valence-electron chi connectivity index (χ3n) is 4.18. The van der Waals surface area contributed by atoms with Gasteiger partial charge in [-0.2, -0.15) is 0 Å². The molecule has 1 heterocycles. The molecule has 0 radical (unpaired) electrons. The van der Waals surface area contributed by atoms with Crippen molar-refractivity contribution in [1.82, 2.24) is 0 Å². The number of para-hydroxylation sites is 1. The Kier molecular flexibility index (Phi) is 5.83. The molecule has 3 rings (SSSR count). The van der Waals surface area contributed by atoms with Crippen LogP contribution in [0.4, 0.5) is 5.69 Å². The van der Waals surface area contributed by atoms with E-state index in [4.69, 9.17) is 9.47 Å². The van der Waals surface area contributed by atoms with Crippen molar-refractivity contribution in [3.8, 4) is 5.75 Å². The minimum atomic E-state index is -0.539. The van der Waals surface area contributed by atoms with Crippen LogP contribution in [0.1, 0.15) is 23.7 Å². The summed E-state index contributed by atoms with van der Waals surface area (Å²) in [5, 5.41) is 0.424. The maximum atomic E-state index is 12.7. The second kappa shape index (κ2) is 8.27. The molecule has 26 heavy (non-hydrogen) atoms. The van der Waals surface area contributed by atoms with Crippen molar-refractivity contribution in [3.05, 3.63) is 54.1 Å². The second-order valence-electron chi connectivity index (χ2n) is 6.04. The lowest BCUT2D eigenvalue weighted by Gasteiger charge is -2.22. The average molecular weight is 371 g/mol. The zero-order valence-electron chi connectivity index (χ0n) is 14.8. The first kappa shape index (κ1) is 18.3. The van der Waals surface area contributed by atoms with E-state index in [9.17, 15) is 9.59 Å². The summed E-state index contributed by atoms with van der Waals surface area (Å²) in [7, 11) is 1.53. The molecule has 0 bridgehead atoms. The van der Waals surface area contributed by atoms with E-state index in [0.717, 1.165) is 17.0 Å². The number of ether oxygens (including phenoxy) is 2. The van der Waals surface area contributed by atoms with E-state index < -0.39 is 5.97 Å². The smallest absolute Gasteiger partial charge is 0.338 e. The van der Waals surface area contributed by atoms with Crippen molar-refractivity contribution in [1.29, 1.82) is 0 Å². The Morgan fingerprint density at radius 3 is 2.81 bits per heavy atom. The summed E-state index contributed by atoms with van der Waals surface area (Å²) in [6.45, 7) is 2.47. The highest BCUT2D eigenvalue weighted by Gasteiger charge is 2.25. The van der Waals surface area contributed by atoms with Crippen LogP contribution >= 0.6 is 11.8 Å². The number of carbonyl (C=O) groups excluding carboxylic acids is 2. The predicted molar refractivity (Wildman–Crippen MR) is 102 cm³/mol. The molecule has 1 aliphatic rings. The molecular weight excluding hydrogens is 350 g/mol. The Hall–Kier alpha value is -2.47.